The summed E-state index contributed by atoms with van der Waals surface area (Å²) >= 11 is 0. The number of nitrogens with two attached hydrogens (primary N) is 1. The summed E-state index contributed by atoms with van der Waals surface area (Å²) in [4.78, 5) is 15.6. The number of ether oxygens (including phenoxy) is 1. The molecule has 6 heteroatoms. The lowest BCUT2D eigenvalue weighted by Gasteiger charge is -2.34. The maximum absolute atomic E-state index is 11.9. The Labute approximate surface area is 102 Å². The van der Waals surface area contributed by atoms with E-state index in [2.05, 4.69) is 0 Å². The minimum absolute atomic E-state index is 0.0276. The third-order valence-corrected chi connectivity index (χ3v) is 3.02. The molecule has 1 atom stereocenters. The summed E-state index contributed by atoms with van der Waals surface area (Å²) in [5.74, 6) is 0.0683. The van der Waals surface area contributed by atoms with Crippen LogP contribution in [0.5, 0.6) is 0 Å². The summed E-state index contributed by atoms with van der Waals surface area (Å²) in [7, 11) is 1.78. The summed E-state index contributed by atoms with van der Waals surface area (Å²) in [6.45, 7) is 3.46. The lowest BCUT2D eigenvalue weighted by Crippen LogP contribution is -2.51. The Bertz CT molecular complexity index is 238. The number of aliphatic hydroxyl groups is 1. The summed E-state index contributed by atoms with van der Waals surface area (Å²) in [5, 5.41) is 9.19. The highest BCUT2D eigenvalue weighted by atomic mass is 16.5. The minimum Gasteiger partial charge on any atom is -0.395 e. The Morgan fingerprint density at radius 1 is 1.65 bits per heavy atom. The van der Waals surface area contributed by atoms with E-state index in [4.69, 9.17) is 10.5 Å². The highest BCUT2D eigenvalue weighted by Gasteiger charge is 2.25. The Kier molecular flexibility index (Phi) is 6.43. The van der Waals surface area contributed by atoms with Gasteiger partial charge in [-0.25, -0.2) is 0 Å². The Hall–Kier alpha value is -0.690. The van der Waals surface area contributed by atoms with E-state index in [1.54, 1.807) is 11.9 Å². The first-order valence-electron chi connectivity index (χ1n) is 6.05. The Morgan fingerprint density at radius 3 is 3.06 bits per heavy atom. The number of carbonyl (C=O) groups excluding carboxylic acids is 1. The SMILES string of the molecule is CN(CCCN)C(=O)CN1CCOCC1CO. The van der Waals surface area contributed by atoms with Crippen LogP contribution in [0.15, 0.2) is 0 Å². The molecule has 1 heterocycles. The highest BCUT2D eigenvalue weighted by molar-refractivity contribution is 5.78. The van der Waals surface area contributed by atoms with Crippen molar-refractivity contribution in [1.29, 1.82) is 0 Å². The van der Waals surface area contributed by atoms with Crippen molar-refractivity contribution >= 4 is 5.91 Å². The third-order valence-electron chi connectivity index (χ3n) is 3.02. The van der Waals surface area contributed by atoms with Crippen LogP contribution in [-0.4, -0.2) is 79.9 Å². The van der Waals surface area contributed by atoms with Crippen LogP contribution in [0.3, 0.4) is 0 Å². The molecule has 1 saturated heterocycles. The molecule has 6 nitrogen and oxygen atoms in total. The molecule has 0 bridgehead atoms. The molecular weight excluding hydrogens is 222 g/mol. The van der Waals surface area contributed by atoms with Crippen LogP contribution in [0.4, 0.5) is 0 Å². The Balaban J connectivity index is 2.37. The van der Waals surface area contributed by atoms with E-state index in [-0.39, 0.29) is 18.6 Å². The molecule has 1 unspecified atom stereocenters. The smallest absolute Gasteiger partial charge is 0.236 e. The van der Waals surface area contributed by atoms with Crippen molar-refractivity contribution in [1.82, 2.24) is 9.80 Å². The number of carbonyl (C=O) groups is 1. The molecule has 1 aliphatic heterocycles. The summed E-state index contributed by atoms with van der Waals surface area (Å²) < 4.78 is 5.27. The van der Waals surface area contributed by atoms with Gasteiger partial charge in [0.25, 0.3) is 0 Å². The van der Waals surface area contributed by atoms with Gasteiger partial charge in [0.1, 0.15) is 0 Å². The summed E-state index contributed by atoms with van der Waals surface area (Å²) in [5.41, 5.74) is 5.41. The Morgan fingerprint density at radius 2 is 2.41 bits per heavy atom. The molecular formula is C11H23N3O3. The number of likely N-dealkylation sites (N-methyl/N-ethyl adjacent to an activating group) is 1. The molecule has 0 saturated carbocycles. The zero-order chi connectivity index (χ0) is 12.7. The molecule has 0 aromatic carbocycles. The molecule has 1 aliphatic rings. The normalized spacial score (nSPS) is 21.5. The van der Waals surface area contributed by atoms with Crippen molar-refractivity contribution < 1.29 is 14.6 Å². The third kappa shape index (κ3) is 4.59. The fourth-order valence-electron chi connectivity index (χ4n) is 1.81. The van der Waals surface area contributed by atoms with Crippen LogP contribution in [0.25, 0.3) is 0 Å². The average molecular weight is 245 g/mol. The molecule has 1 amide bonds. The molecule has 3 N–H and O–H groups in total. The van der Waals surface area contributed by atoms with E-state index < -0.39 is 0 Å². The zero-order valence-electron chi connectivity index (χ0n) is 10.5. The van der Waals surface area contributed by atoms with Gasteiger partial charge in [-0.2, -0.15) is 0 Å². The van der Waals surface area contributed by atoms with Gasteiger partial charge in [0, 0.05) is 20.1 Å². The molecule has 1 fully saturated rings. The highest BCUT2D eigenvalue weighted by Crippen LogP contribution is 2.06. The van der Waals surface area contributed by atoms with E-state index in [0.717, 1.165) is 6.42 Å². The quantitative estimate of drug-likeness (QED) is 0.594. The van der Waals surface area contributed by atoms with Crippen molar-refractivity contribution in [3.63, 3.8) is 0 Å². The summed E-state index contributed by atoms with van der Waals surface area (Å²) in [6.07, 6.45) is 0.814. The second-order valence-corrected chi connectivity index (χ2v) is 4.34. The molecule has 0 spiro atoms. The minimum atomic E-state index is -0.0596. The first-order chi connectivity index (χ1) is 8.19. The van der Waals surface area contributed by atoms with Gasteiger partial charge >= 0.3 is 0 Å². The topological polar surface area (TPSA) is 79.0 Å². The van der Waals surface area contributed by atoms with E-state index in [9.17, 15) is 9.90 Å². The second kappa shape index (κ2) is 7.60. The standard InChI is InChI=1S/C11H23N3O3/c1-13(4-2-3-12)11(16)7-14-5-6-17-9-10(14)8-15/h10,15H,2-9,12H2,1H3. The maximum atomic E-state index is 11.9. The van der Waals surface area contributed by atoms with Gasteiger partial charge in [-0.1, -0.05) is 0 Å². The van der Waals surface area contributed by atoms with Crippen LogP contribution in [0.1, 0.15) is 6.42 Å². The van der Waals surface area contributed by atoms with Gasteiger partial charge in [0.2, 0.25) is 5.91 Å². The average Bonchev–Trinajstić information content (AvgIpc) is 2.36. The van der Waals surface area contributed by atoms with Crippen LogP contribution >= 0.6 is 0 Å². The summed E-state index contributed by atoms with van der Waals surface area (Å²) in [6, 6.07) is -0.0596. The van der Waals surface area contributed by atoms with Gasteiger partial charge in [0.05, 0.1) is 32.4 Å². The first kappa shape index (κ1) is 14.4. The lowest BCUT2D eigenvalue weighted by molar-refractivity contribution is -0.134. The zero-order valence-corrected chi connectivity index (χ0v) is 10.5. The number of hydrogen-bond donors (Lipinski definition) is 2. The molecule has 17 heavy (non-hydrogen) atoms. The van der Waals surface area contributed by atoms with Gasteiger partial charge in [0.15, 0.2) is 0 Å². The van der Waals surface area contributed by atoms with E-state index in [1.807, 2.05) is 4.90 Å². The van der Waals surface area contributed by atoms with Crippen LogP contribution in [0, 0.1) is 0 Å². The predicted octanol–water partition coefficient (Wildman–Crippen LogP) is -1.51. The molecule has 0 aromatic heterocycles. The van der Waals surface area contributed by atoms with Crippen LogP contribution in [-0.2, 0) is 9.53 Å². The van der Waals surface area contributed by atoms with E-state index in [1.165, 1.54) is 0 Å². The largest absolute Gasteiger partial charge is 0.395 e. The monoisotopic (exact) mass is 245 g/mol. The van der Waals surface area contributed by atoms with Crippen molar-refractivity contribution in [2.24, 2.45) is 5.73 Å². The fraction of sp³-hybridized carbons (Fsp3) is 0.909. The van der Waals surface area contributed by atoms with Gasteiger partial charge in [-0.15, -0.1) is 0 Å². The van der Waals surface area contributed by atoms with Gasteiger partial charge in [-0.3, -0.25) is 9.69 Å². The van der Waals surface area contributed by atoms with Crippen LogP contribution in [0.2, 0.25) is 0 Å². The fourth-order valence-corrected chi connectivity index (χ4v) is 1.81. The van der Waals surface area contributed by atoms with E-state index >= 15 is 0 Å². The van der Waals surface area contributed by atoms with Crippen LogP contribution < -0.4 is 5.73 Å². The first-order valence-corrected chi connectivity index (χ1v) is 6.05. The predicted molar refractivity (Wildman–Crippen MR) is 64.6 cm³/mol. The van der Waals surface area contributed by atoms with Crippen molar-refractivity contribution in [2.45, 2.75) is 12.5 Å². The number of rotatable bonds is 6. The molecule has 1 rings (SSSR count). The van der Waals surface area contributed by atoms with Gasteiger partial charge < -0.3 is 20.5 Å². The molecule has 0 aromatic rings. The molecule has 0 aliphatic carbocycles. The maximum Gasteiger partial charge on any atom is 0.236 e. The molecule has 100 valence electrons. The van der Waals surface area contributed by atoms with Crippen molar-refractivity contribution in [2.75, 3.05) is 53.0 Å². The van der Waals surface area contributed by atoms with Crippen molar-refractivity contribution in [3.05, 3.63) is 0 Å². The van der Waals surface area contributed by atoms with E-state index in [0.29, 0.717) is 39.4 Å². The number of nitrogens with zero attached hydrogens (tertiary/aromatic N) is 2. The number of aliphatic hydroxyl groups excluding tert-OH is 1. The second-order valence-electron chi connectivity index (χ2n) is 4.34. The number of morpholine rings is 1. The van der Waals surface area contributed by atoms with Gasteiger partial charge in [-0.05, 0) is 13.0 Å². The van der Waals surface area contributed by atoms with Crippen molar-refractivity contribution in [3.8, 4) is 0 Å². The molecule has 0 radical (unpaired) electrons. The lowest BCUT2D eigenvalue weighted by atomic mass is 10.2. The number of amides is 1. The number of hydrogen-bond acceptors (Lipinski definition) is 5.